The first-order valence-electron chi connectivity index (χ1n) is 23.9. The van der Waals surface area contributed by atoms with Crippen LogP contribution in [0.15, 0.2) is 12.2 Å². The number of carbonyl (C=O) groups excluding carboxylic acids is 1. The van der Waals surface area contributed by atoms with Crippen molar-refractivity contribution < 1.29 is 15.0 Å². The van der Waals surface area contributed by atoms with Crippen LogP contribution in [0.5, 0.6) is 0 Å². The van der Waals surface area contributed by atoms with Crippen molar-refractivity contribution in [3.8, 4) is 0 Å². The monoisotopic (exact) mass is 734 g/mol. The summed E-state index contributed by atoms with van der Waals surface area (Å²) in [5, 5.41) is 23.2. The van der Waals surface area contributed by atoms with E-state index in [0.717, 1.165) is 25.7 Å². The highest BCUT2D eigenvalue weighted by Gasteiger charge is 2.20. The largest absolute Gasteiger partial charge is 0.394 e. The van der Waals surface area contributed by atoms with Gasteiger partial charge in [-0.25, -0.2) is 0 Å². The molecule has 0 radical (unpaired) electrons. The van der Waals surface area contributed by atoms with Crippen molar-refractivity contribution in [2.45, 2.75) is 283 Å². The van der Waals surface area contributed by atoms with E-state index in [1.165, 1.54) is 218 Å². The maximum Gasteiger partial charge on any atom is 0.220 e. The Bertz CT molecular complexity index is 710. The van der Waals surface area contributed by atoms with Gasteiger partial charge in [0, 0.05) is 6.42 Å². The van der Waals surface area contributed by atoms with E-state index >= 15 is 0 Å². The fourth-order valence-electron chi connectivity index (χ4n) is 7.59. The van der Waals surface area contributed by atoms with Crippen LogP contribution in [0, 0.1) is 0 Å². The van der Waals surface area contributed by atoms with Gasteiger partial charge in [0.15, 0.2) is 0 Å². The minimum absolute atomic E-state index is 0.0317. The highest BCUT2D eigenvalue weighted by atomic mass is 16.3. The molecule has 0 aliphatic carbocycles. The third-order valence-corrected chi connectivity index (χ3v) is 11.3. The second kappa shape index (κ2) is 44.5. The number of carbonyl (C=O) groups is 1. The van der Waals surface area contributed by atoms with Gasteiger partial charge in [0.25, 0.3) is 0 Å². The number of unbranched alkanes of at least 4 members (excludes halogenated alkanes) is 35. The van der Waals surface area contributed by atoms with E-state index in [0.29, 0.717) is 12.8 Å². The van der Waals surface area contributed by atoms with E-state index in [4.69, 9.17) is 0 Å². The highest BCUT2D eigenvalue weighted by Crippen LogP contribution is 2.17. The number of hydrogen-bond donors (Lipinski definition) is 3. The van der Waals surface area contributed by atoms with E-state index in [1.54, 1.807) is 0 Å². The van der Waals surface area contributed by atoms with Crippen LogP contribution in [-0.4, -0.2) is 34.9 Å². The van der Waals surface area contributed by atoms with E-state index in [2.05, 4.69) is 31.3 Å². The van der Waals surface area contributed by atoms with Crippen molar-refractivity contribution in [3.05, 3.63) is 12.2 Å². The van der Waals surface area contributed by atoms with Crippen LogP contribution in [0.2, 0.25) is 0 Å². The van der Waals surface area contributed by atoms with Gasteiger partial charge in [-0.05, 0) is 38.5 Å². The third-order valence-electron chi connectivity index (χ3n) is 11.3. The highest BCUT2D eigenvalue weighted by molar-refractivity contribution is 5.76. The predicted molar refractivity (Wildman–Crippen MR) is 230 cm³/mol. The molecule has 0 bridgehead atoms. The minimum Gasteiger partial charge on any atom is -0.394 e. The van der Waals surface area contributed by atoms with Crippen molar-refractivity contribution in [1.29, 1.82) is 0 Å². The van der Waals surface area contributed by atoms with Crippen molar-refractivity contribution >= 4 is 5.91 Å². The number of rotatable bonds is 44. The van der Waals surface area contributed by atoms with Gasteiger partial charge in [0.1, 0.15) is 0 Å². The molecule has 0 aromatic heterocycles. The van der Waals surface area contributed by atoms with Crippen molar-refractivity contribution in [1.82, 2.24) is 5.32 Å². The fraction of sp³-hybridized carbons (Fsp3) is 0.938. The standard InChI is InChI=1S/C48H95NO3/c1-3-5-7-9-11-13-15-17-19-21-23-25-27-29-31-33-35-37-39-41-43-47(51)46(45-50)49-48(52)44-42-40-38-36-34-32-30-28-26-24-22-20-18-16-14-12-10-8-6-4-2/h24,26,46-47,50-51H,3-23,25,27-45H2,1-2H3,(H,49,52)/b26-24-. The summed E-state index contributed by atoms with van der Waals surface area (Å²) in [5.74, 6) is -0.0317. The molecule has 0 aliphatic heterocycles. The Morgan fingerprint density at radius 1 is 0.442 bits per heavy atom. The van der Waals surface area contributed by atoms with Crippen molar-refractivity contribution in [2.24, 2.45) is 0 Å². The number of hydrogen-bond acceptors (Lipinski definition) is 3. The van der Waals surface area contributed by atoms with Crippen molar-refractivity contribution in [3.63, 3.8) is 0 Å². The average molecular weight is 734 g/mol. The Morgan fingerprint density at radius 3 is 1.06 bits per heavy atom. The van der Waals surface area contributed by atoms with Crippen LogP contribution in [0.1, 0.15) is 271 Å². The maximum absolute atomic E-state index is 12.4. The molecule has 4 heteroatoms. The third kappa shape index (κ3) is 40.3. The number of aliphatic hydroxyl groups excluding tert-OH is 2. The Labute approximate surface area is 327 Å². The molecule has 52 heavy (non-hydrogen) atoms. The van der Waals surface area contributed by atoms with Crippen LogP contribution in [0.3, 0.4) is 0 Å². The first-order chi connectivity index (χ1) is 25.7. The molecule has 1 amide bonds. The summed E-state index contributed by atoms with van der Waals surface area (Å²) < 4.78 is 0. The second-order valence-electron chi connectivity index (χ2n) is 16.5. The molecular formula is C48H95NO3. The number of allylic oxidation sites excluding steroid dienone is 2. The second-order valence-corrected chi connectivity index (χ2v) is 16.5. The first kappa shape index (κ1) is 51.1. The van der Waals surface area contributed by atoms with Crippen LogP contribution >= 0.6 is 0 Å². The zero-order valence-corrected chi connectivity index (χ0v) is 35.6. The molecule has 4 nitrogen and oxygen atoms in total. The van der Waals surface area contributed by atoms with Gasteiger partial charge in [-0.15, -0.1) is 0 Å². The molecule has 0 heterocycles. The Balaban J connectivity index is 3.48. The van der Waals surface area contributed by atoms with E-state index < -0.39 is 12.1 Å². The summed E-state index contributed by atoms with van der Waals surface area (Å²) in [6.45, 7) is 4.38. The lowest BCUT2D eigenvalue weighted by molar-refractivity contribution is -0.123. The smallest absolute Gasteiger partial charge is 0.220 e. The van der Waals surface area contributed by atoms with Crippen LogP contribution in [0.25, 0.3) is 0 Å². The lowest BCUT2D eigenvalue weighted by Gasteiger charge is -2.22. The normalized spacial score (nSPS) is 12.9. The minimum atomic E-state index is -0.658. The lowest BCUT2D eigenvalue weighted by Crippen LogP contribution is -2.45. The molecule has 2 atom stereocenters. The van der Waals surface area contributed by atoms with E-state index in [1.807, 2.05) is 0 Å². The zero-order chi connectivity index (χ0) is 37.8. The quantitative estimate of drug-likeness (QED) is 0.0431. The molecule has 0 aromatic rings. The summed E-state index contributed by atoms with van der Waals surface area (Å²) in [7, 11) is 0. The fourth-order valence-corrected chi connectivity index (χ4v) is 7.59. The van der Waals surface area contributed by atoms with E-state index in [9.17, 15) is 15.0 Å². The SMILES string of the molecule is CCCCCCCCCCC/C=C\CCCCCCCCCC(=O)NC(CO)C(O)CCCCCCCCCCCCCCCCCCCCCC. The number of amides is 1. The first-order valence-corrected chi connectivity index (χ1v) is 23.9. The van der Waals surface area contributed by atoms with Gasteiger partial charge in [-0.2, -0.15) is 0 Å². The molecular weight excluding hydrogens is 639 g/mol. The Hall–Kier alpha value is -0.870. The molecule has 0 aromatic carbocycles. The molecule has 0 spiro atoms. The molecule has 0 rings (SSSR count). The molecule has 0 saturated carbocycles. The topological polar surface area (TPSA) is 69.6 Å². The molecule has 0 fully saturated rings. The number of aliphatic hydroxyl groups is 2. The summed E-state index contributed by atoms with van der Waals surface area (Å²) in [5.41, 5.74) is 0. The molecule has 2 unspecified atom stereocenters. The summed E-state index contributed by atoms with van der Waals surface area (Å²) >= 11 is 0. The van der Waals surface area contributed by atoms with Gasteiger partial charge < -0.3 is 15.5 Å². The van der Waals surface area contributed by atoms with Gasteiger partial charge >= 0.3 is 0 Å². The van der Waals surface area contributed by atoms with Crippen LogP contribution < -0.4 is 5.32 Å². The predicted octanol–water partition coefficient (Wildman–Crippen LogP) is 15.0. The van der Waals surface area contributed by atoms with E-state index in [-0.39, 0.29) is 12.5 Å². The molecule has 3 N–H and O–H groups in total. The Kier molecular flexibility index (Phi) is 43.8. The Morgan fingerprint density at radius 2 is 0.731 bits per heavy atom. The zero-order valence-electron chi connectivity index (χ0n) is 35.6. The van der Waals surface area contributed by atoms with Crippen LogP contribution in [0.4, 0.5) is 0 Å². The van der Waals surface area contributed by atoms with Gasteiger partial charge in [-0.1, -0.05) is 238 Å². The van der Waals surface area contributed by atoms with Gasteiger partial charge in [-0.3, -0.25) is 4.79 Å². The summed E-state index contributed by atoms with van der Waals surface area (Å²) in [6.07, 6.45) is 55.9. The van der Waals surface area contributed by atoms with Crippen LogP contribution in [-0.2, 0) is 4.79 Å². The molecule has 310 valence electrons. The lowest BCUT2D eigenvalue weighted by atomic mass is 10.0. The van der Waals surface area contributed by atoms with Crippen molar-refractivity contribution in [2.75, 3.05) is 6.61 Å². The summed E-state index contributed by atoms with van der Waals surface area (Å²) in [6, 6.07) is -0.535. The molecule has 0 saturated heterocycles. The molecule has 0 aliphatic rings. The van der Waals surface area contributed by atoms with Gasteiger partial charge in [0.2, 0.25) is 5.91 Å². The summed E-state index contributed by atoms with van der Waals surface area (Å²) in [4.78, 5) is 12.4. The number of nitrogens with one attached hydrogen (secondary N) is 1. The van der Waals surface area contributed by atoms with Gasteiger partial charge in [0.05, 0.1) is 18.8 Å². The maximum atomic E-state index is 12.4. The average Bonchev–Trinajstić information content (AvgIpc) is 3.15.